The number of halogens is 2. The van der Waals surface area contributed by atoms with Crippen molar-refractivity contribution in [3.8, 4) is 0 Å². The molecule has 1 aliphatic rings. The summed E-state index contributed by atoms with van der Waals surface area (Å²) in [7, 11) is 0. The van der Waals surface area contributed by atoms with Gasteiger partial charge in [0.2, 0.25) is 5.91 Å². The average molecular weight is 340 g/mol. The van der Waals surface area contributed by atoms with Gasteiger partial charge in [-0.15, -0.1) is 0 Å². The lowest BCUT2D eigenvalue weighted by molar-refractivity contribution is -0.142. The first kappa shape index (κ1) is 18.3. The highest BCUT2D eigenvalue weighted by Gasteiger charge is 2.29. The van der Waals surface area contributed by atoms with E-state index in [-0.39, 0.29) is 6.54 Å². The predicted molar refractivity (Wildman–Crippen MR) is 84.0 cm³/mol. The van der Waals surface area contributed by atoms with E-state index < -0.39 is 35.1 Å². The molecule has 1 unspecified atom stereocenters. The number of carbonyl (C=O) groups is 2. The summed E-state index contributed by atoms with van der Waals surface area (Å²) in [4.78, 5) is 25.6. The summed E-state index contributed by atoms with van der Waals surface area (Å²) in [5.41, 5.74) is -0.518. The standard InChI is InChI=1S/C17H22F2N2O3/c1-17(2,11-6-7-12(18)13(19)9-11)20-15(23)10-21-8-4-3-5-14(22)16(21)24/h6-7,9,14,22H,3-5,8,10H2,1-2H3,(H,20,23). The van der Waals surface area contributed by atoms with Gasteiger partial charge in [-0.1, -0.05) is 6.07 Å². The average Bonchev–Trinajstić information content (AvgIpc) is 2.65. The zero-order valence-electron chi connectivity index (χ0n) is 13.8. The molecule has 1 saturated heterocycles. The van der Waals surface area contributed by atoms with Gasteiger partial charge in [-0.3, -0.25) is 9.59 Å². The van der Waals surface area contributed by atoms with Crippen LogP contribution in [0, 0.1) is 11.6 Å². The van der Waals surface area contributed by atoms with E-state index in [1.807, 2.05) is 0 Å². The van der Waals surface area contributed by atoms with Crippen LogP contribution in [-0.4, -0.2) is 41.0 Å². The Labute approximate surface area is 139 Å². The second-order valence-electron chi connectivity index (χ2n) is 6.57. The summed E-state index contributed by atoms with van der Waals surface area (Å²) in [6.45, 7) is 3.56. The van der Waals surface area contributed by atoms with Crippen molar-refractivity contribution in [2.45, 2.75) is 44.8 Å². The number of amides is 2. The molecular formula is C17H22F2N2O3. The molecule has 1 atom stereocenters. The summed E-state index contributed by atoms with van der Waals surface area (Å²) in [5.74, 6) is -2.81. The molecular weight excluding hydrogens is 318 g/mol. The van der Waals surface area contributed by atoms with Crippen molar-refractivity contribution >= 4 is 11.8 Å². The largest absolute Gasteiger partial charge is 0.383 e. The number of aliphatic hydroxyl groups is 1. The Balaban J connectivity index is 2.04. The molecule has 1 aromatic carbocycles. The molecule has 24 heavy (non-hydrogen) atoms. The smallest absolute Gasteiger partial charge is 0.251 e. The van der Waals surface area contributed by atoms with Crippen molar-refractivity contribution < 1.29 is 23.5 Å². The highest BCUT2D eigenvalue weighted by Crippen LogP contribution is 2.22. The Bertz CT molecular complexity index is 634. The van der Waals surface area contributed by atoms with Gasteiger partial charge in [0, 0.05) is 6.54 Å². The lowest BCUT2D eigenvalue weighted by Gasteiger charge is -2.29. The monoisotopic (exact) mass is 340 g/mol. The van der Waals surface area contributed by atoms with Crippen LogP contribution in [0.1, 0.15) is 38.7 Å². The number of nitrogens with one attached hydrogen (secondary N) is 1. The van der Waals surface area contributed by atoms with Gasteiger partial charge in [-0.25, -0.2) is 8.78 Å². The maximum absolute atomic E-state index is 13.4. The fraction of sp³-hybridized carbons (Fsp3) is 0.529. The van der Waals surface area contributed by atoms with Gasteiger partial charge in [0.1, 0.15) is 6.10 Å². The first-order valence-electron chi connectivity index (χ1n) is 7.94. The molecule has 1 fully saturated rings. The lowest BCUT2D eigenvalue weighted by Crippen LogP contribution is -2.48. The van der Waals surface area contributed by atoms with Crippen LogP contribution in [0.2, 0.25) is 0 Å². The first-order chi connectivity index (χ1) is 11.2. The van der Waals surface area contributed by atoms with E-state index in [2.05, 4.69) is 5.32 Å². The molecule has 2 rings (SSSR count). The van der Waals surface area contributed by atoms with Crippen LogP contribution < -0.4 is 5.32 Å². The molecule has 1 heterocycles. The first-order valence-corrected chi connectivity index (χ1v) is 7.94. The number of likely N-dealkylation sites (tertiary alicyclic amines) is 1. The van der Waals surface area contributed by atoms with Crippen molar-refractivity contribution in [1.29, 1.82) is 0 Å². The number of carbonyl (C=O) groups excluding carboxylic acids is 2. The summed E-state index contributed by atoms with van der Waals surface area (Å²) >= 11 is 0. The third-order valence-electron chi connectivity index (χ3n) is 4.18. The number of rotatable bonds is 4. The van der Waals surface area contributed by atoms with Crippen molar-refractivity contribution in [2.75, 3.05) is 13.1 Å². The molecule has 0 spiro atoms. The second kappa shape index (κ2) is 7.25. The van der Waals surface area contributed by atoms with Gasteiger partial charge in [0.05, 0.1) is 12.1 Å². The van der Waals surface area contributed by atoms with E-state index >= 15 is 0 Å². The summed E-state index contributed by atoms with van der Waals surface area (Å²) < 4.78 is 26.4. The summed E-state index contributed by atoms with van der Waals surface area (Å²) in [5, 5.41) is 12.4. The number of nitrogens with zero attached hydrogens (tertiary/aromatic N) is 1. The minimum Gasteiger partial charge on any atom is -0.383 e. The van der Waals surface area contributed by atoms with Crippen molar-refractivity contribution in [1.82, 2.24) is 10.2 Å². The van der Waals surface area contributed by atoms with Crippen molar-refractivity contribution in [2.24, 2.45) is 0 Å². The molecule has 2 amide bonds. The molecule has 1 aliphatic heterocycles. The van der Waals surface area contributed by atoms with E-state index in [9.17, 15) is 23.5 Å². The maximum atomic E-state index is 13.4. The van der Waals surface area contributed by atoms with Crippen LogP contribution >= 0.6 is 0 Å². The number of hydrogen-bond donors (Lipinski definition) is 2. The van der Waals surface area contributed by atoms with Gasteiger partial charge in [-0.2, -0.15) is 0 Å². The number of aliphatic hydroxyl groups excluding tert-OH is 1. The molecule has 0 bridgehead atoms. The molecule has 2 N–H and O–H groups in total. The molecule has 0 saturated carbocycles. The quantitative estimate of drug-likeness (QED) is 0.876. The molecule has 132 valence electrons. The van der Waals surface area contributed by atoms with Gasteiger partial charge in [0.15, 0.2) is 11.6 Å². The molecule has 0 radical (unpaired) electrons. The van der Waals surface area contributed by atoms with Crippen molar-refractivity contribution in [3.63, 3.8) is 0 Å². The fourth-order valence-electron chi connectivity index (χ4n) is 2.76. The van der Waals surface area contributed by atoms with E-state index in [4.69, 9.17) is 0 Å². The lowest BCUT2D eigenvalue weighted by atomic mass is 9.94. The molecule has 5 nitrogen and oxygen atoms in total. The number of hydrogen-bond acceptors (Lipinski definition) is 3. The fourth-order valence-corrected chi connectivity index (χ4v) is 2.76. The Morgan fingerprint density at radius 1 is 1.33 bits per heavy atom. The van der Waals surface area contributed by atoms with Crippen LogP contribution in [0.25, 0.3) is 0 Å². The Morgan fingerprint density at radius 3 is 2.71 bits per heavy atom. The predicted octanol–water partition coefficient (Wildman–Crippen LogP) is 1.69. The molecule has 0 aliphatic carbocycles. The topological polar surface area (TPSA) is 69.6 Å². The minimum absolute atomic E-state index is 0.178. The van der Waals surface area contributed by atoms with E-state index in [1.165, 1.54) is 11.0 Å². The van der Waals surface area contributed by atoms with E-state index in [0.29, 0.717) is 18.5 Å². The Kier molecular flexibility index (Phi) is 5.54. The van der Waals surface area contributed by atoms with Crippen LogP contribution in [0.3, 0.4) is 0 Å². The summed E-state index contributed by atoms with van der Waals surface area (Å²) in [6.07, 6.45) is 0.783. The van der Waals surface area contributed by atoms with Crippen LogP contribution in [0.5, 0.6) is 0 Å². The zero-order chi connectivity index (χ0) is 17.9. The van der Waals surface area contributed by atoms with Gasteiger partial charge >= 0.3 is 0 Å². The van der Waals surface area contributed by atoms with E-state index in [0.717, 1.165) is 25.0 Å². The second-order valence-corrected chi connectivity index (χ2v) is 6.57. The van der Waals surface area contributed by atoms with Gasteiger partial charge in [-0.05, 0) is 50.8 Å². The minimum atomic E-state index is -1.07. The highest BCUT2D eigenvalue weighted by atomic mass is 19.2. The van der Waals surface area contributed by atoms with Crippen LogP contribution in [-0.2, 0) is 15.1 Å². The molecule has 7 heteroatoms. The van der Waals surface area contributed by atoms with Crippen molar-refractivity contribution in [3.05, 3.63) is 35.4 Å². The van der Waals surface area contributed by atoms with Crippen LogP contribution in [0.15, 0.2) is 18.2 Å². The third-order valence-corrected chi connectivity index (χ3v) is 4.18. The van der Waals surface area contributed by atoms with Gasteiger partial charge in [0.25, 0.3) is 5.91 Å². The van der Waals surface area contributed by atoms with Gasteiger partial charge < -0.3 is 15.3 Å². The molecule has 1 aromatic rings. The SMILES string of the molecule is CC(C)(NC(=O)CN1CCCCC(O)C1=O)c1ccc(F)c(F)c1. The third kappa shape index (κ3) is 4.29. The van der Waals surface area contributed by atoms with Crippen LogP contribution in [0.4, 0.5) is 8.78 Å². The Morgan fingerprint density at radius 2 is 2.04 bits per heavy atom. The Hall–Kier alpha value is -2.02. The summed E-state index contributed by atoms with van der Waals surface area (Å²) in [6, 6.07) is 3.45. The normalized spacial score (nSPS) is 19.1. The molecule has 0 aromatic heterocycles. The zero-order valence-corrected chi connectivity index (χ0v) is 13.8. The highest BCUT2D eigenvalue weighted by molar-refractivity contribution is 5.87. The maximum Gasteiger partial charge on any atom is 0.251 e. The number of benzene rings is 1. The van der Waals surface area contributed by atoms with E-state index in [1.54, 1.807) is 13.8 Å².